The average molecular weight is 353 g/mol. The highest BCUT2D eigenvalue weighted by molar-refractivity contribution is 6.39. The van der Waals surface area contributed by atoms with Gasteiger partial charge in [0.05, 0.1) is 10.6 Å². The summed E-state index contributed by atoms with van der Waals surface area (Å²) in [5.74, 6) is -1.69. The van der Waals surface area contributed by atoms with Crippen molar-refractivity contribution in [3.05, 3.63) is 69.8 Å². The van der Waals surface area contributed by atoms with Gasteiger partial charge >= 0.3 is 6.03 Å². The van der Waals surface area contributed by atoms with Crippen LogP contribution in [0.4, 0.5) is 16.2 Å². The van der Waals surface area contributed by atoms with E-state index < -0.39 is 22.8 Å². The van der Waals surface area contributed by atoms with Crippen molar-refractivity contribution in [2.75, 3.05) is 4.90 Å². The topological polar surface area (TPSA) is 130 Å². The average Bonchev–Trinajstić information content (AvgIpc) is 2.60. The van der Waals surface area contributed by atoms with Gasteiger partial charge < -0.3 is 5.11 Å². The number of urea groups is 1. The Morgan fingerprint density at radius 1 is 1.00 bits per heavy atom. The molecule has 1 heterocycles. The second-order valence-electron chi connectivity index (χ2n) is 5.32. The predicted octanol–water partition coefficient (Wildman–Crippen LogP) is 1.97. The van der Waals surface area contributed by atoms with Crippen LogP contribution < -0.4 is 10.2 Å². The number of non-ortho nitro benzene ring substituents is 1. The highest BCUT2D eigenvalue weighted by Crippen LogP contribution is 2.24. The van der Waals surface area contributed by atoms with Crippen molar-refractivity contribution in [2.45, 2.75) is 0 Å². The molecule has 2 N–H and O–H groups in total. The van der Waals surface area contributed by atoms with Crippen molar-refractivity contribution >= 4 is 35.3 Å². The summed E-state index contributed by atoms with van der Waals surface area (Å²) in [4.78, 5) is 47.5. The van der Waals surface area contributed by atoms with Crippen LogP contribution in [0.1, 0.15) is 5.56 Å². The van der Waals surface area contributed by atoms with E-state index in [9.17, 15) is 29.6 Å². The molecule has 1 aliphatic rings. The summed E-state index contributed by atoms with van der Waals surface area (Å²) >= 11 is 0. The Hall–Kier alpha value is -4.01. The Morgan fingerprint density at radius 3 is 2.19 bits per heavy atom. The lowest BCUT2D eigenvalue weighted by Gasteiger charge is -2.26. The standard InChI is InChI=1S/C17H11N3O6/c21-13-7-1-10(2-8-13)9-14-15(22)18-17(24)19(16(14)23)11-3-5-12(6-4-11)20(25)26/h1-9,21H,(H,18,22,24)/b14-9-. The second-order valence-corrected chi connectivity index (χ2v) is 5.32. The number of rotatable bonds is 3. The van der Waals surface area contributed by atoms with Crippen LogP contribution in [-0.4, -0.2) is 27.9 Å². The number of barbiturate groups is 1. The SMILES string of the molecule is O=C1NC(=O)N(c2ccc([N+](=O)[O-])cc2)C(=O)/C1=C\c1ccc(O)cc1. The van der Waals surface area contributed by atoms with Crippen LogP contribution in [0.15, 0.2) is 54.1 Å². The number of nitrogens with one attached hydrogen (secondary N) is 1. The lowest BCUT2D eigenvalue weighted by molar-refractivity contribution is -0.384. The van der Waals surface area contributed by atoms with Crippen molar-refractivity contribution in [1.29, 1.82) is 0 Å². The number of imide groups is 2. The number of nitro benzene ring substituents is 1. The first-order chi connectivity index (χ1) is 12.4. The number of amides is 4. The van der Waals surface area contributed by atoms with Crippen LogP contribution in [0.25, 0.3) is 6.08 Å². The van der Waals surface area contributed by atoms with Crippen molar-refractivity contribution in [1.82, 2.24) is 5.32 Å². The van der Waals surface area contributed by atoms with E-state index in [2.05, 4.69) is 5.32 Å². The summed E-state index contributed by atoms with van der Waals surface area (Å²) in [6, 6.07) is 9.59. The van der Waals surface area contributed by atoms with Gasteiger partial charge in [-0.25, -0.2) is 9.69 Å². The molecule has 0 radical (unpaired) electrons. The molecule has 9 nitrogen and oxygen atoms in total. The van der Waals surface area contributed by atoms with Gasteiger partial charge in [-0.15, -0.1) is 0 Å². The fraction of sp³-hybridized carbons (Fsp3) is 0. The molecule has 4 amide bonds. The Labute approximate surface area is 146 Å². The van der Waals surface area contributed by atoms with Crippen LogP contribution in [0.2, 0.25) is 0 Å². The van der Waals surface area contributed by atoms with Crippen molar-refractivity contribution in [3.8, 4) is 5.75 Å². The van der Waals surface area contributed by atoms with E-state index in [1.807, 2.05) is 0 Å². The van der Waals surface area contributed by atoms with E-state index in [-0.39, 0.29) is 22.7 Å². The molecule has 0 aliphatic carbocycles. The van der Waals surface area contributed by atoms with Crippen LogP contribution in [-0.2, 0) is 9.59 Å². The number of anilines is 1. The smallest absolute Gasteiger partial charge is 0.335 e. The van der Waals surface area contributed by atoms with Gasteiger partial charge in [-0.05, 0) is 35.9 Å². The number of hydrogen-bond acceptors (Lipinski definition) is 6. The summed E-state index contributed by atoms with van der Waals surface area (Å²) in [6.07, 6.45) is 1.28. The Bertz CT molecular complexity index is 947. The maximum Gasteiger partial charge on any atom is 0.335 e. The lowest BCUT2D eigenvalue weighted by atomic mass is 10.1. The van der Waals surface area contributed by atoms with Gasteiger partial charge in [0.25, 0.3) is 17.5 Å². The van der Waals surface area contributed by atoms with E-state index in [0.29, 0.717) is 5.56 Å². The zero-order chi connectivity index (χ0) is 18.8. The largest absolute Gasteiger partial charge is 0.508 e. The molecule has 1 saturated heterocycles. The minimum atomic E-state index is -0.947. The van der Waals surface area contributed by atoms with Crippen molar-refractivity contribution in [3.63, 3.8) is 0 Å². The van der Waals surface area contributed by atoms with E-state index in [4.69, 9.17) is 0 Å². The first-order valence-corrected chi connectivity index (χ1v) is 7.32. The fourth-order valence-corrected chi connectivity index (χ4v) is 2.35. The molecule has 26 heavy (non-hydrogen) atoms. The third-order valence-corrected chi connectivity index (χ3v) is 3.62. The predicted molar refractivity (Wildman–Crippen MR) is 90.2 cm³/mol. The molecular formula is C17H11N3O6. The minimum absolute atomic E-state index is 0.0225. The third-order valence-electron chi connectivity index (χ3n) is 3.62. The molecule has 1 aliphatic heterocycles. The van der Waals surface area contributed by atoms with E-state index in [0.717, 1.165) is 17.0 Å². The number of phenolic OH excluding ortho intramolecular Hbond substituents is 1. The van der Waals surface area contributed by atoms with Crippen LogP contribution in [0, 0.1) is 10.1 Å². The Morgan fingerprint density at radius 2 is 1.62 bits per heavy atom. The quantitative estimate of drug-likeness (QED) is 0.375. The zero-order valence-corrected chi connectivity index (χ0v) is 13.1. The van der Waals surface area contributed by atoms with Gasteiger partial charge in [-0.1, -0.05) is 12.1 Å². The second kappa shape index (κ2) is 6.48. The van der Waals surface area contributed by atoms with Gasteiger partial charge in [0.2, 0.25) is 0 Å². The summed E-state index contributed by atoms with van der Waals surface area (Å²) in [6.45, 7) is 0. The molecule has 130 valence electrons. The lowest BCUT2D eigenvalue weighted by Crippen LogP contribution is -2.54. The van der Waals surface area contributed by atoms with Gasteiger partial charge in [0, 0.05) is 12.1 Å². The number of carbonyl (C=O) groups excluding carboxylic acids is 3. The number of hydrogen-bond donors (Lipinski definition) is 2. The molecule has 0 aromatic heterocycles. The van der Waals surface area contributed by atoms with Crippen molar-refractivity contribution < 1.29 is 24.4 Å². The molecule has 3 rings (SSSR count). The van der Waals surface area contributed by atoms with Crippen molar-refractivity contribution in [2.24, 2.45) is 0 Å². The Balaban J connectivity index is 1.97. The number of carbonyl (C=O) groups is 3. The van der Waals surface area contributed by atoms with Gasteiger partial charge in [0.15, 0.2) is 0 Å². The summed E-state index contributed by atoms with van der Waals surface area (Å²) in [5, 5.41) is 22.1. The molecule has 2 aromatic carbocycles. The van der Waals surface area contributed by atoms with Gasteiger partial charge in [-0.2, -0.15) is 0 Å². The molecule has 0 atom stereocenters. The van der Waals surface area contributed by atoms with E-state index in [1.165, 1.54) is 42.5 Å². The molecule has 9 heteroatoms. The van der Waals surface area contributed by atoms with E-state index in [1.54, 1.807) is 0 Å². The number of benzene rings is 2. The molecule has 0 spiro atoms. The Kier molecular flexibility index (Phi) is 4.19. The van der Waals surface area contributed by atoms with Crippen LogP contribution in [0.5, 0.6) is 5.75 Å². The number of aromatic hydroxyl groups is 1. The maximum absolute atomic E-state index is 12.6. The zero-order valence-electron chi connectivity index (χ0n) is 13.1. The highest BCUT2D eigenvalue weighted by Gasteiger charge is 2.36. The first-order valence-electron chi connectivity index (χ1n) is 7.32. The summed E-state index contributed by atoms with van der Waals surface area (Å²) in [7, 11) is 0. The number of phenols is 1. The van der Waals surface area contributed by atoms with Gasteiger partial charge in [-0.3, -0.25) is 25.0 Å². The summed E-state index contributed by atoms with van der Waals surface area (Å²) in [5.41, 5.74) is 0.0738. The minimum Gasteiger partial charge on any atom is -0.508 e. The molecule has 0 bridgehead atoms. The maximum atomic E-state index is 12.6. The molecule has 2 aromatic rings. The molecule has 0 unspecified atom stereocenters. The molecule has 0 saturated carbocycles. The number of nitrogens with zero attached hydrogens (tertiary/aromatic N) is 2. The summed E-state index contributed by atoms with van der Waals surface area (Å²) < 4.78 is 0. The first kappa shape index (κ1) is 16.8. The highest BCUT2D eigenvalue weighted by atomic mass is 16.6. The molecular weight excluding hydrogens is 342 g/mol. The monoisotopic (exact) mass is 353 g/mol. The number of nitro groups is 1. The van der Waals surface area contributed by atoms with Gasteiger partial charge in [0.1, 0.15) is 11.3 Å². The normalized spacial score (nSPS) is 15.9. The van der Waals surface area contributed by atoms with Crippen LogP contribution in [0.3, 0.4) is 0 Å². The van der Waals surface area contributed by atoms with Crippen LogP contribution >= 0.6 is 0 Å². The molecule has 1 fully saturated rings. The third kappa shape index (κ3) is 3.13. The fourth-order valence-electron chi connectivity index (χ4n) is 2.35. The van der Waals surface area contributed by atoms with E-state index >= 15 is 0 Å².